The van der Waals surface area contributed by atoms with Gasteiger partial charge in [-0.25, -0.2) is 13.1 Å². The average Bonchev–Trinajstić information content (AvgIpc) is 3.50. The molecule has 4 rings (SSSR count). The van der Waals surface area contributed by atoms with Crippen molar-refractivity contribution in [3.8, 4) is 22.0 Å². The number of H-pyrrole nitrogens is 1. The van der Waals surface area contributed by atoms with E-state index in [2.05, 4.69) is 26.8 Å². The van der Waals surface area contributed by atoms with Gasteiger partial charge >= 0.3 is 0 Å². The Bertz CT molecular complexity index is 1250. The first kappa shape index (κ1) is 23.4. The van der Waals surface area contributed by atoms with Crippen LogP contribution in [0.25, 0.3) is 22.0 Å². The Morgan fingerprint density at radius 3 is 2.55 bits per heavy atom. The van der Waals surface area contributed by atoms with Crippen LogP contribution >= 0.6 is 11.3 Å². The number of pyridine rings is 1. The molecule has 0 radical (unpaired) electrons. The van der Waals surface area contributed by atoms with Gasteiger partial charge in [0.2, 0.25) is 10.0 Å². The quantitative estimate of drug-likeness (QED) is 0.279. The van der Waals surface area contributed by atoms with Gasteiger partial charge in [0.05, 0.1) is 21.2 Å². The van der Waals surface area contributed by atoms with E-state index in [1.165, 1.54) is 18.4 Å². The molecule has 0 bridgehead atoms. The highest BCUT2D eigenvalue weighted by atomic mass is 32.2. The zero-order valence-corrected chi connectivity index (χ0v) is 20.3. The Labute approximate surface area is 199 Å². The van der Waals surface area contributed by atoms with Crippen molar-refractivity contribution in [1.29, 1.82) is 0 Å². The minimum absolute atomic E-state index is 0.262. The topological polar surface area (TPSA) is 87.7 Å². The molecule has 0 aliphatic heterocycles. The Morgan fingerprint density at radius 2 is 1.85 bits per heavy atom. The summed E-state index contributed by atoms with van der Waals surface area (Å²) in [5.74, 6) is 0. The Morgan fingerprint density at radius 1 is 1.00 bits per heavy atom. The maximum absolute atomic E-state index is 12.9. The smallest absolute Gasteiger partial charge is 0.240 e. The van der Waals surface area contributed by atoms with Gasteiger partial charge in [0.15, 0.2) is 0 Å². The van der Waals surface area contributed by atoms with Gasteiger partial charge in [0.1, 0.15) is 5.69 Å². The zero-order chi connectivity index (χ0) is 23.1. The third-order valence-corrected chi connectivity index (χ3v) is 7.87. The first-order valence-electron chi connectivity index (χ1n) is 11.2. The summed E-state index contributed by atoms with van der Waals surface area (Å²) in [5.41, 5.74) is 4.55. The van der Waals surface area contributed by atoms with Crippen molar-refractivity contribution in [2.24, 2.45) is 0 Å². The van der Waals surface area contributed by atoms with Crippen molar-refractivity contribution >= 4 is 21.4 Å². The number of benzene rings is 1. The van der Waals surface area contributed by atoms with Gasteiger partial charge in [-0.15, -0.1) is 11.3 Å². The highest BCUT2D eigenvalue weighted by molar-refractivity contribution is 7.89. The molecule has 0 fully saturated rings. The second-order valence-electron chi connectivity index (χ2n) is 7.87. The lowest BCUT2D eigenvalue weighted by atomic mass is 10.1. The maximum Gasteiger partial charge on any atom is 0.240 e. The molecule has 8 heteroatoms. The molecule has 6 nitrogen and oxygen atoms in total. The van der Waals surface area contributed by atoms with E-state index in [0.717, 1.165) is 40.4 Å². The Kier molecular flexibility index (Phi) is 7.69. The zero-order valence-electron chi connectivity index (χ0n) is 18.6. The van der Waals surface area contributed by atoms with E-state index in [-0.39, 0.29) is 11.4 Å². The lowest BCUT2D eigenvalue weighted by molar-refractivity contribution is 0.581. The Balaban J connectivity index is 1.48. The van der Waals surface area contributed by atoms with E-state index in [4.69, 9.17) is 0 Å². The third-order valence-electron chi connectivity index (χ3n) is 5.51. The molecule has 0 aliphatic carbocycles. The molecule has 2 N–H and O–H groups in total. The highest BCUT2D eigenvalue weighted by Crippen LogP contribution is 2.32. The van der Waals surface area contributed by atoms with Gasteiger partial charge < -0.3 is 0 Å². The van der Waals surface area contributed by atoms with E-state index in [0.29, 0.717) is 6.42 Å². The van der Waals surface area contributed by atoms with Crippen LogP contribution < -0.4 is 4.72 Å². The van der Waals surface area contributed by atoms with Gasteiger partial charge in [-0.3, -0.25) is 10.1 Å². The first-order chi connectivity index (χ1) is 16.1. The predicted molar refractivity (Wildman–Crippen MR) is 134 cm³/mol. The number of sulfonamides is 1. The standard InChI is InChI=1S/C25H28N4O2S2/c1-2-3-4-8-19-11-13-20(14-12-19)33(30,31)27-17-15-21-24(22-9-5-6-16-26-22)28-29-25(21)23-10-7-18-32-23/h5-7,9-14,16,18,27H,2-4,8,15,17H2,1H3,(H,28,29). The maximum atomic E-state index is 12.9. The average molecular weight is 481 g/mol. The number of thiophene rings is 1. The number of hydrogen-bond donors (Lipinski definition) is 2. The van der Waals surface area contributed by atoms with Gasteiger partial charge in [0.25, 0.3) is 0 Å². The summed E-state index contributed by atoms with van der Waals surface area (Å²) in [6, 6.07) is 16.9. The van der Waals surface area contributed by atoms with Crippen molar-refractivity contribution < 1.29 is 8.42 Å². The van der Waals surface area contributed by atoms with E-state index in [1.54, 1.807) is 29.7 Å². The van der Waals surface area contributed by atoms with Gasteiger partial charge in [0, 0.05) is 18.3 Å². The van der Waals surface area contributed by atoms with Crippen molar-refractivity contribution in [2.45, 2.75) is 43.9 Å². The van der Waals surface area contributed by atoms with Crippen LogP contribution in [-0.4, -0.2) is 30.1 Å². The lowest BCUT2D eigenvalue weighted by Gasteiger charge is -2.09. The predicted octanol–water partition coefficient (Wildman–Crippen LogP) is 5.45. The molecule has 3 heterocycles. The fourth-order valence-corrected chi connectivity index (χ4v) is 5.53. The molecule has 4 aromatic rings. The van der Waals surface area contributed by atoms with Crippen LogP contribution in [0.15, 0.2) is 71.1 Å². The van der Waals surface area contributed by atoms with Crippen LogP contribution in [0.3, 0.4) is 0 Å². The van der Waals surface area contributed by atoms with Crippen molar-refractivity contribution in [2.75, 3.05) is 6.54 Å². The molecular formula is C25H28N4O2S2. The van der Waals surface area contributed by atoms with Gasteiger partial charge in [-0.05, 0) is 60.5 Å². The molecule has 0 atom stereocenters. The number of nitrogens with zero attached hydrogens (tertiary/aromatic N) is 2. The van der Waals surface area contributed by atoms with Crippen molar-refractivity contribution in [3.63, 3.8) is 0 Å². The van der Waals surface area contributed by atoms with Gasteiger partial charge in [-0.2, -0.15) is 5.10 Å². The normalized spacial score (nSPS) is 11.7. The molecule has 172 valence electrons. The van der Waals surface area contributed by atoms with E-state index in [1.807, 2.05) is 47.8 Å². The second-order valence-corrected chi connectivity index (χ2v) is 10.6. The molecular weight excluding hydrogens is 452 g/mol. The fraction of sp³-hybridized carbons (Fsp3) is 0.280. The monoisotopic (exact) mass is 480 g/mol. The summed E-state index contributed by atoms with van der Waals surface area (Å²) in [5, 5.41) is 9.62. The summed E-state index contributed by atoms with van der Waals surface area (Å²) in [7, 11) is -3.59. The molecule has 0 saturated carbocycles. The minimum atomic E-state index is -3.59. The molecule has 1 aromatic carbocycles. The van der Waals surface area contributed by atoms with Crippen molar-refractivity contribution in [1.82, 2.24) is 19.9 Å². The molecule has 0 spiro atoms. The second kappa shape index (κ2) is 10.9. The fourth-order valence-electron chi connectivity index (χ4n) is 3.76. The number of aryl methyl sites for hydroxylation is 1. The third kappa shape index (κ3) is 5.76. The number of unbranched alkanes of at least 4 members (excludes halogenated alkanes) is 2. The minimum Gasteiger partial charge on any atom is -0.275 e. The summed E-state index contributed by atoms with van der Waals surface area (Å²) >= 11 is 1.60. The number of hydrogen-bond acceptors (Lipinski definition) is 5. The largest absolute Gasteiger partial charge is 0.275 e. The number of nitrogens with one attached hydrogen (secondary N) is 2. The molecule has 0 amide bonds. The van der Waals surface area contributed by atoms with E-state index < -0.39 is 10.0 Å². The number of rotatable bonds is 11. The SMILES string of the molecule is CCCCCc1ccc(S(=O)(=O)NCCc2c(-c3cccs3)n[nH]c2-c2ccccn2)cc1. The molecule has 0 unspecified atom stereocenters. The van der Waals surface area contributed by atoms with Crippen LogP contribution in [0.1, 0.15) is 37.3 Å². The molecule has 0 saturated heterocycles. The van der Waals surface area contributed by atoms with Crippen molar-refractivity contribution in [3.05, 3.63) is 77.3 Å². The van der Waals surface area contributed by atoms with Crippen LogP contribution in [0, 0.1) is 0 Å². The van der Waals surface area contributed by atoms with Crippen LogP contribution in [-0.2, 0) is 22.9 Å². The van der Waals surface area contributed by atoms with E-state index in [9.17, 15) is 8.42 Å². The Hall–Kier alpha value is -2.81. The summed E-state index contributed by atoms with van der Waals surface area (Å²) < 4.78 is 28.5. The molecule has 33 heavy (non-hydrogen) atoms. The number of aromatic nitrogens is 3. The highest BCUT2D eigenvalue weighted by Gasteiger charge is 2.19. The van der Waals surface area contributed by atoms with Crippen LogP contribution in [0.5, 0.6) is 0 Å². The van der Waals surface area contributed by atoms with Crippen LogP contribution in [0.4, 0.5) is 0 Å². The summed E-state index contributed by atoms with van der Waals surface area (Å²) in [4.78, 5) is 5.76. The molecule has 0 aliphatic rings. The van der Waals surface area contributed by atoms with Crippen LogP contribution in [0.2, 0.25) is 0 Å². The summed E-state index contributed by atoms with van der Waals surface area (Å²) in [6.45, 7) is 2.44. The number of aromatic amines is 1. The first-order valence-corrected chi connectivity index (χ1v) is 13.6. The molecule has 3 aromatic heterocycles. The lowest BCUT2D eigenvalue weighted by Crippen LogP contribution is -2.26. The van der Waals surface area contributed by atoms with E-state index >= 15 is 0 Å². The summed E-state index contributed by atoms with van der Waals surface area (Å²) in [6.07, 6.45) is 6.68. The van der Waals surface area contributed by atoms with Gasteiger partial charge in [-0.1, -0.05) is 44.0 Å².